The van der Waals surface area contributed by atoms with E-state index in [2.05, 4.69) is 20.3 Å². The summed E-state index contributed by atoms with van der Waals surface area (Å²) < 4.78 is 48.6. The van der Waals surface area contributed by atoms with E-state index < -0.39 is 23.1 Å². The Labute approximate surface area is 285 Å². The number of anilines is 1. The number of nitrogens with zero attached hydrogens (tertiary/aromatic N) is 4. The Morgan fingerprint density at radius 3 is 2.40 bits per heavy atom. The van der Waals surface area contributed by atoms with Crippen molar-refractivity contribution in [1.82, 2.24) is 19.7 Å². The van der Waals surface area contributed by atoms with Crippen LogP contribution in [-0.4, -0.2) is 58.9 Å². The molecule has 1 saturated heterocycles. The number of carbonyl (C=O) groups excluding carboxylic acids is 1. The van der Waals surface area contributed by atoms with Crippen molar-refractivity contribution in [2.45, 2.75) is 19.3 Å². The molecule has 3 heterocycles. The van der Waals surface area contributed by atoms with Gasteiger partial charge >= 0.3 is 0 Å². The maximum absolute atomic E-state index is 15.5. The number of aromatic nitrogens is 3. The van der Waals surface area contributed by atoms with Crippen molar-refractivity contribution < 1.29 is 27.8 Å². The molecular weight excluding hydrogens is 644 g/mol. The van der Waals surface area contributed by atoms with Gasteiger partial charge in [-0.1, -0.05) is 30.3 Å². The Morgan fingerprint density at radius 1 is 0.840 bits per heavy atom. The smallest absolute Gasteiger partial charge is 0.279 e. The summed E-state index contributed by atoms with van der Waals surface area (Å²) in [5.41, 5.74) is -0.146. The third kappa shape index (κ3) is 6.70. The fraction of sp³-hybridized carbons (Fsp3) is 0.211. The summed E-state index contributed by atoms with van der Waals surface area (Å²) in [4.78, 5) is 33.6. The van der Waals surface area contributed by atoms with Gasteiger partial charge in [0.25, 0.3) is 11.5 Å². The Morgan fingerprint density at radius 2 is 1.62 bits per heavy atom. The maximum atomic E-state index is 15.5. The van der Waals surface area contributed by atoms with Crippen molar-refractivity contribution in [3.63, 3.8) is 0 Å². The lowest BCUT2D eigenvalue weighted by atomic mass is 10.1. The lowest BCUT2D eigenvalue weighted by Gasteiger charge is -2.16. The molecule has 1 aliphatic rings. The Balaban J connectivity index is 1.10. The molecule has 6 aromatic rings. The molecule has 1 fully saturated rings. The number of halogens is 2. The Kier molecular flexibility index (Phi) is 9.35. The maximum Gasteiger partial charge on any atom is 0.279 e. The highest BCUT2D eigenvalue weighted by Crippen LogP contribution is 2.38. The van der Waals surface area contributed by atoms with Crippen molar-refractivity contribution in [3.8, 4) is 28.7 Å². The van der Waals surface area contributed by atoms with Crippen molar-refractivity contribution in [2.75, 3.05) is 38.7 Å². The average molecular weight is 678 g/mol. The Bertz CT molecular complexity index is 2270. The molecule has 0 saturated carbocycles. The number of hydrogen-bond donors (Lipinski definition) is 1. The average Bonchev–Trinajstić information content (AvgIpc) is 3.65. The van der Waals surface area contributed by atoms with Crippen LogP contribution in [0, 0.1) is 11.6 Å². The zero-order valence-corrected chi connectivity index (χ0v) is 27.2. The second-order valence-electron chi connectivity index (χ2n) is 11.8. The van der Waals surface area contributed by atoms with E-state index in [0.29, 0.717) is 34.8 Å². The van der Waals surface area contributed by atoms with Gasteiger partial charge in [-0.2, -0.15) is 9.78 Å². The third-order valence-corrected chi connectivity index (χ3v) is 8.57. The zero-order valence-electron chi connectivity index (χ0n) is 27.2. The molecule has 0 atom stereocenters. The number of pyridine rings is 1. The third-order valence-electron chi connectivity index (χ3n) is 8.57. The summed E-state index contributed by atoms with van der Waals surface area (Å²) in [6, 6.07) is 21.1. The van der Waals surface area contributed by atoms with Gasteiger partial charge in [0.15, 0.2) is 28.8 Å². The quantitative estimate of drug-likeness (QED) is 0.144. The molecule has 2 aromatic heterocycles. The van der Waals surface area contributed by atoms with Gasteiger partial charge in [0.2, 0.25) is 0 Å². The van der Waals surface area contributed by atoms with Crippen molar-refractivity contribution in [1.29, 1.82) is 0 Å². The molecule has 50 heavy (non-hydrogen) atoms. The number of ether oxygens (including phenoxy) is 3. The molecule has 0 bridgehead atoms. The minimum Gasteiger partial charge on any atom is -0.493 e. The van der Waals surface area contributed by atoms with Crippen LogP contribution >= 0.6 is 0 Å². The number of para-hydroxylation sites is 1. The predicted molar refractivity (Wildman–Crippen MR) is 186 cm³/mol. The lowest BCUT2D eigenvalue weighted by Crippen LogP contribution is -2.27. The molecule has 4 aromatic carbocycles. The molecule has 254 valence electrons. The van der Waals surface area contributed by atoms with E-state index in [9.17, 15) is 14.0 Å². The van der Waals surface area contributed by atoms with E-state index >= 15 is 4.39 Å². The molecule has 10 nitrogen and oxygen atoms in total. The van der Waals surface area contributed by atoms with Crippen LogP contribution in [0.3, 0.4) is 0 Å². The largest absolute Gasteiger partial charge is 0.493 e. The summed E-state index contributed by atoms with van der Waals surface area (Å²) >= 11 is 0. The minimum atomic E-state index is -0.744. The van der Waals surface area contributed by atoms with Crippen molar-refractivity contribution in [2.24, 2.45) is 0 Å². The molecule has 0 radical (unpaired) electrons. The number of nitrogens with one attached hydrogen (secondary N) is 1. The molecule has 7 rings (SSSR count). The second-order valence-corrected chi connectivity index (χ2v) is 11.8. The first kappa shape index (κ1) is 32.7. The van der Waals surface area contributed by atoms with Crippen LogP contribution in [0.4, 0.5) is 14.5 Å². The molecular formula is C38H33F2N5O5. The van der Waals surface area contributed by atoms with Gasteiger partial charge in [-0.3, -0.25) is 14.6 Å². The standard InChI is InChI=1S/C38H33F2N5O5/c1-48-34-22-27-30(23-35(34)49-20-8-19-44-17-6-7-18-44)41-16-15-32(27)50-33-14-13-24(21-29(33)40)42-37(46)36-25-9-2-3-10-26(25)38(47)45(43-36)31-12-5-4-11-28(31)39/h2-5,9-16,21-23H,6-8,17-20H2,1H3,(H,42,46). The van der Waals surface area contributed by atoms with Crippen LogP contribution in [0.15, 0.2) is 95.9 Å². The highest BCUT2D eigenvalue weighted by molar-refractivity contribution is 6.11. The fourth-order valence-electron chi connectivity index (χ4n) is 6.08. The van der Waals surface area contributed by atoms with Gasteiger partial charge in [-0.15, -0.1) is 0 Å². The molecule has 0 aliphatic carbocycles. The number of hydrogen-bond acceptors (Lipinski definition) is 8. The highest BCUT2D eigenvalue weighted by atomic mass is 19.1. The molecule has 0 unspecified atom stereocenters. The number of benzene rings is 4. The number of rotatable bonds is 11. The number of fused-ring (bicyclic) bond motifs is 2. The van der Waals surface area contributed by atoms with Crippen LogP contribution in [0.25, 0.3) is 27.4 Å². The fourth-order valence-corrected chi connectivity index (χ4v) is 6.08. The summed E-state index contributed by atoms with van der Waals surface area (Å²) in [6.07, 6.45) is 4.94. The van der Waals surface area contributed by atoms with Crippen LogP contribution in [-0.2, 0) is 0 Å². The van der Waals surface area contributed by atoms with E-state index in [4.69, 9.17) is 14.2 Å². The number of carbonyl (C=O) groups is 1. The zero-order chi connectivity index (χ0) is 34.6. The molecule has 12 heteroatoms. The van der Waals surface area contributed by atoms with Crippen LogP contribution < -0.4 is 25.1 Å². The van der Waals surface area contributed by atoms with E-state index in [1.165, 1.54) is 49.2 Å². The predicted octanol–water partition coefficient (Wildman–Crippen LogP) is 7.13. The topological polar surface area (TPSA) is 108 Å². The van der Waals surface area contributed by atoms with Gasteiger partial charge in [-0.05, 0) is 74.8 Å². The monoisotopic (exact) mass is 677 g/mol. The molecule has 1 aliphatic heterocycles. The van der Waals surface area contributed by atoms with E-state index in [0.717, 1.165) is 36.8 Å². The number of likely N-dealkylation sites (tertiary alicyclic amines) is 1. The summed E-state index contributed by atoms with van der Waals surface area (Å²) in [6.45, 7) is 3.78. The summed E-state index contributed by atoms with van der Waals surface area (Å²) in [7, 11) is 1.55. The van der Waals surface area contributed by atoms with Gasteiger partial charge in [0, 0.05) is 41.3 Å². The van der Waals surface area contributed by atoms with Gasteiger partial charge < -0.3 is 24.4 Å². The SMILES string of the molecule is COc1cc2c(Oc3ccc(NC(=O)c4nn(-c5ccccc5F)c(=O)c5ccccc45)cc3F)ccnc2cc1OCCCN1CCCC1. The highest BCUT2D eigenvalue weighted by Gasteiger charge is 2.20. The van der Waals surface area contributed by atoms with Gasteiger partial charge in [0.1, 0.15) is 17.3 Å². The van der Waals surface area contributed by atoms with E-state index in [1.807, 2.05) is 0 Å². The number of amides is 1. The second kappa shape index (κ2) is 14.3. The minimum absolute atomic E-state index is 0.0895. The van der Waals surface area contributed by atoms with Crippen LogP contribution in [0.1, 0.15) is 29.8 Å². The van der Waals surface area contributed by atoms with Crippen molar-refractivity contribution >= 4 is 33.3 Å². The molecule has 1 amide bonds. The molecule has 1 N–H and O–H groups in total. The molecule has 0 spiro atoms. The van der Waals surface area contributed by atoms with Crippen molar-refractivity contribution in [3.05, 3.63) is 119 Å². The van der Waals surface area contributed by atoms with Gasteiger partial charge in [-0.25, -0.2) is 8.78 Å². The summed E-state index contributed by atoms with van der Waals surface area (Å²) in [5, 5.41) is 7.87. The van der Waals surface area contributed by atoms with Crippen LogP contribution in [0.2, 0.25) is 0 Å². The normalized spacial score (nSPS) is 13.1. The van der Waals surface area contributed by atoms with Crippen LogP contribution in [0.5, 0.6) is 23.0 Å². The number of methoxy groups -OCH3 is 1. The lowest BCUT2D eigenvalue weighted by molar-refractivity contribution is 0.102. The Hall–Kier alpha value is -5.88. The first-order chi connectivity index (χ1) is 24.4. The first-order valence-corrected chi connectivity index (χ1v) is 16.3. The first-order valence-electron chi connectivity index (χ1n) is 16.3. The van der Waals surface area contributed by atoms with E-state index in [-0.39, 0.29) is 33.6 Å². The van der Waals surface area contributed by atoms with Gasteiger partial charge in [0.05, 0.1) is 24.6 Å². The summed E-state index contributed by atoms with van der Waals surface area (Å²) in [5.74, 6) is -0.836. The van der Waals surface area contributed by atoms with E-state index in [1.54, 1.807) is 55.8 Å².